The van der Waals surface area contributed by atoms with E-state index in [0.29, 0.717) is 12.3 Å². The number of amides is 1. The molecular weight excluding hydrogens is 198 g/mol. The van der Waals surface area contributed by atoms with E-state index in [4.69, 9.17) is 0 Å². The van der Waals surface area contributed by atoms with Crippen LogP contribution in [-0.4, -0.2) is 12.5 Å². The summed E-state index contributed by atoms with van der Waals surface area (Å²) in [4.78, 5) is 11.2. The Morgan fingerprint density at radius 2 is 2.00 bits per heavy atom. The minimum atomic E-state index is 0.169. The Hall–Kier alpha value is -1.31. The minimum Gasteiger partial charge on any atom is -0.356 e. The van der Waals surface area contributed by atoms with Crippen LogP contribution in [0.2, 0.25) is 0 Å². The Labute approximate surface area is 98.1 Å². The van der Waals surface area contributed by atoms with Crippen molar-refractivity contribution in [2.75, 3.05) is 6.54 Å². The molecule has 1 rings (SSSR count). The van der Waals surface area contributed by atoms with Crippen LogP contribution in [0.1, 0.15) is 44.6 Å². The van der Waals surface area contributed by atoms with E-state index in [9.17, 15) is 4.79 Å². The van der Waals surface area contributed by atoms with Crippen LogP contribution < -0.4 is 5.32 Å². The van der Waals surface area contributed by atoms with Crippen molar-refractivity contribution in [2.24, 2.45) is 0 Å². The molecule has 1 N–H and O–H groups in total. The number of carbonyl (C=O) groups is 1. The lowest BCUT2D eigenvalue weighted by Crippen LogP contribution is -2.22. The van der Waals surface area contributed by atoms with Crippen LogP contribution in [0.4, 0.5) is 0 Å². The number of nitrogens with one attached hydrogen (secondary N) is 1. The van der Waals surface area contributed by atoms with E-state index in [1.165, 1.54) is 5.56 Å². The van der Waals surface area contributed by atoms with Gasteiger partial charge in [0.1, 0.15) is 0 Å². The summed E-state index contributed by atoms with van der Waals surface area (Å²) in [6, 6.07) is 10.5. The summed E-state index contributed by atoms with van der Waals surface area (Å²) in [6.07, 6.45) is 2.67. The zero-order chi connectivity index (χ0) is 11.8. The minimum absolute atomic E-state index is 0.169. The molecule has 0 spiro atoms. The number of rotatable bonds is 6. The van der Waals surface area contributed by atoms with Gasteiger partial charge in [-0.2, -0.15) is 0 Å². The molecule has 0 radical (unpaired) electrons. The zero-order valence-corrected chi connectivity index (χ0v) is 10.2. The van der Waals surface area contributed by atoms with Crippen molar-refractivity contribution in [3.63, 3.8) is 0 Å². The first-order valence-corrected chi connectivity index (χ1v) is 6.05. The van der Waals surface area contributed by atoms with Crippen molar-refractivity contribution in [3.8, 4) is 0 Å². The molecule has 2 heteroatoms. The summed E-state index contributed by atoms with van der Waals surface area (Å²) in [7, 11) is 0. The fourth-order valence-corrected chi connectivity index (χ4v) is 1.80. The van der Waals surface area contributed by atoms with Gasteiger partial charge in [-0.25, -0.2) is 0 Å². The Bertz CT molecular complexity index is 308. The predicted molar refractivity (Wildman–Crippen MR) is 67.4 cm³/mol. The van der Waals surface area contributed by atoms with E-state index < -0.39 is 0 Å². The standard InChI is InChI=1S/C14H21NO/c1-3-15-14(16)11-7-8-12(2)13-9-5-4-6-10-13/h4-6,9-10,12H,3,7-8,11H2,1-2H3,(H,15,16). The van der Waals surface area contributed by atoms with Crippen molar-refractivity contribution >= 4 is 5.91 Å². The van der Waals surface area contributed by atoms with Gasteiger partial charge in [0.05, 0.1) is 0 Å². The van der Waals surface area contributed by atoms with Gasteiger partial charge >= 0.3 is 0 Å². The lowest BCUT2D eigenvalue weighted by molar-refractivity contribution is -0.121. The number of benzene rings is 1. The van der Waals surface area contributed by atoms with Gasteiger partial charge in [0.15, 0.2) is 0 Å². The molecule has 0 heterocycles. The molecule has 0 aromatic heterocycles. The number of carbonyl (C=O) groups excluding carboxylic acids is 1. The molecule has 16 heavy (non-hydrogen) atoms. The van der Waals surface area contributed by atoms with Crippen LogP contribution in [0.15, 0.2) is 30.3 Å². The number of hydrogen-bond donors (Lipinski definition) is 1. The Balaban J connectivity index is 2.26. The first-order valence-electron chi connectivity index (χ1n) is 6.05. The van der Waals surface area contributed by atoms with Gasteiger partial charge in [0, 0.05) is 13.0 Å². The van der Waals surface area contributed by atoms with Gasteiger partial charge in [-0.1, -0.05) is 37.3 Å². The molecule has 0 aliphatic carbocycles. The average Bonchev–Trinajstić information content (AvgIpc) is 2.30. The molecule has 2 nitrogen and oxygen atoms in total. The van der Waals surface area contributed by atoms with E-state index >= 15 is 0 Å². The molecule has 88 valence electrons. The summed E-state index contributed by atoms with van der Waals surface area (Å²) in [5.41, 5.74) is 1.36. The zero-order valence-electron chi connectivity index (χ0n) is 10.2. The first-order chi connectivity index (χ1) is 7.74. The SMILES string of the molecule is CCNC(=O)CCCC(C)c1ccccc1. The third kappa shape index (κ3) is 4.47. The van der Waals surface area contributed by atoms with Gasteiger partial charge in [-0.15, -0.1) is 0 Å². The van der Waals surface area contributed by atoms with Crippen molar-refractivity contribution in [1.82, 2.24) is 5.32 Å². The second-order valence-corrected chi connectivity index (χ2v) is 4.16. The van der Waals surface area contributed by atoms with Crippen molar-refractivity contribution in [2.45, 2.75) is 39.0 Å². The first kappa shape index (κ1) is 12.8. The highest BCUT2D eigenvalue weighted by Crippen LogP contribution is 2.20. The molecule has 1 atom stereocenters. The smallest absolute Gasteiger partial charge is 0.219 e. The van der Waals surface area contributed by atoms with Gasteiger partial charge in [-0.05, 0) is 31.2 Å². The quantitative estimate of drug-likeness (QED) is 0.782. The van der Waals surface area contributed by atoms with Crippen LogP contribution in [0.3, 0.4) is 0 Å². The Kier molecular flexibility index (Phi) is 5.62. The second kappa shape index (κ2) is 7.04. The van der Waals surface area contributed by atoms with Gasteiger partial charge in [-0.3, -0.25) is 4.79 Å². The topological polar surface area (TPSA) is 29.1 Å². The highest BCUT2D eigenvalue weighted by molar-refractivity contribution is 5.75. The number of hydrogen-bond acceptors (Lipinski definition) is 1. The molecule has 0 aliphatic rings. The predicted octanol–water partition coefficient (Wildman–Crippen LogP) is 3.10. The maximum absolute atomic E-state index is 11.2. The monoisotopic (exact) mass is 219 g/mol. The van der Waals surface area contributed by atoms with Crippen LogP contribution in [0.25, 0.3) is 0 Å². The van der Waals surface area contributed by atoms with Crippen LogP contribution in [-0.2, 0) is 4.79 Å². The molecule has 0 bridgehead atoms. The maximum atomic E-state index is 11.2. The summed E-state index contributed by atoms with van der Waals surface area (Å²) in [5, 5.41) is 2.82. The van der Waals surface area contributed by atoms with Crippen molar-refractivity contribution < 1.29 is 4.79 Å². The summed E-state index contributed by atoms with van der Waals surface area (Å²) < 4.78 is 0. The average molecular weight is 219 g/mol. The molecule has 0 saturated carbocycles. The van der Waals surface area contributed by atoms with Crippen LogP contribution in [0.5, 0.6) is 0 Å². The fourth-order valence-electron chi connectivity index (χ4n) is 1.80. The Morgan fingerprint density at radius 1 is 1.31 bits per heavy atom. The van der Waals surface area contributed by atoms with E-state index in [1.807, 2.05) is 13.0 Å². The summed E-state index contributed by atoms with van der Waals surface area (Å²) in [5.74, 6) is 0.707. The molecule has 1 amide bonds. The molecule has 0 fully saturated rings. The normalized spacial score (nSPS) is 12.1. The van der Waals surface area contributed by atoms with E-state index in [2.05, 4.69) is 36.5 Å². The largest absolute Gasteiger partial charge is 0.356 e. The highest BCUT2D eigenvalue weighted by Gasteiger charge is 2.06. The molecular formula is C14H21NO. The summed E-state index contributed by atoms with van der Waals surface area (Å²) in [6.45, 7) is 4.89. The lowest BCUT2D eigenvalue weighted by Gasteiger charge is -2.11. The highest BCUT2D eigenvalue weighted by atomic mass is 16.1. The maximum Gasteiger partial charge on any atom is 0.219 e. The lowest BCUT2D eigenvalue weighted by atomic mass is 9.95. The molecule has 0 aliphatic heterocycles. The molecule has 0 saturated heterocycles. The van der Waals surface area contributed by atoms with E-state index in [1.54, 1.807) is 0 Å². The Morgan fingerprint density at radius 3 is 2.62 bits per heavy atom. The van der Waals surface area contributed by atoms with E-state index in [-0.39, 0.29) is 5.91 Å². The molecule has 1 unspecified atom stereocenters. The molecule has 1 aromatic rings. The third-order valence-corrected chi connectivity index (χ3v) is 2.78. The van der Waals surface area contributed by atoms with Gasteiger partial charge in [0.2, 0.25) is 5.91 Å². The van der Waals surface area contributed by atoms with Gasteiger partial charge < -0.3 is 5.32 Å². The van der Waals surface area contributed by atoms with Crippen molar-refractivity contribution in [1.29, 1.82) is 0 Å². The van der Waals surface area contributed by atoms with Crippen LogP contribution in [0, 0.1) is 0 Å². The summed E-state index contributed by atoms with van der Waals surface area (Å²) >= 11 is 0. The molecule has 1 aromatic carbocycles. The third-order valence-electron chi connectivity index (χ3n) is 2.78. The van der Waals surface area contributed by atoms with Crippen LogP contribution >= 0.6 is 0 Å². The van der Waals surface area contributed by atoms with Gasteiger partial charge in [0.25, 0.3) is 0 Å². The van der Waals surface area contributed by atoms with Crippen molar-refractivity contribution in [3.05, 3.63) is 35.9 Å². The van der Waals surface area contributed by atoms with E-state index in [0.717, 1.165) is 19.4 Å². The second-order valence-electron chi connectivity index (χ2n) is 4.16. The fraction of sp³-hybridized carbons (Fsp3) is 0.500.